The van der Waals surface area contributed by atoms with Gasteiger partial charge in [0.2, 0.25) is 0 Å². The van der Waals surface area contributed by atoms with Crippen LogP contribution in [0.15, 0.2) is 30.3 Å². The van der Waals surface area contributed by atoms with Gasteiger partial charge in [0.1, 0.15) is 11.6 Å². The van der Waals surface area contributed by atoms with E-state index in [2.05, 4.69) is 27.1 Å². The Bertz CT molecular complexity index is 706. The number of carbonyl (C=O) groups excluding carboxylic acids is 1. The van der Waals surface area contributed by atoms with Gasteiger partial charge in [-0.25, -0.2) is 9.97 Å². The predicted molar refractivity (Wildman–Crippen MR) is 95.2 cm³/mol. The number of hydrogen-bond donors (Lipinski definition) is 1. The minimum Gasteiger partial charge on any atom is -0.357 e. The van der Waals surface area contributed by atoms with E-state index in [1.54, 1.807) is 0 Å². The molecule has 3 rings (SSSR count). The Kier molecular flexibility index (Phi) is 5.08. The van der Waals surface area contributed by atoms with Crippen molar-refractivity contribution >= 4 is 11.7 Å². The quantitative estimate of drug-likeness (QED) is 0.919. The molecule has 0 atom stereocenters. The molecule has 2 heterocycles. The van der Waals surface area contributed by atoms with E-state index in [0.717, 1.165) is 31.0 Å². The normalized spacial score (nSPS) is 14.0. The van der Waals surface area contributed by atoms with Gasteiger partial charge in [0, 0.05) is 30.4 Å². The summed E-state index contributed by atoms with van der Waals surface area (Å²) in [7, 11) is 0. The highest BCUT2D eigenvalue weighted by Gasteiger charge is 2.15. The third kappa shape index (κ3) is 3.91. The van der Waals surface area contributed by atoms with Gasteiger partial charge < -0.3 is 10.2 Å². The van der Waals surface area contributed by atoms with Gasteiger partial charge in [-0.05, 0) is 43.9 Å². The Hall–Kier alpha value is -2.43. The summed E-state index contributed by atoms with van der Waals surface area (Å²) < 4.78 is 0. The van der Waals surface area contributed by atoms with Gasteiger partial charge in [-0.2, -0.15) is 0 Å². The van der Waals surface area contributed by atoms with Crippen molar-refractivity contribution in [2.75, 3.05) is 18.0 Å². The molecule has 1 aromatic heterocycles. The van der Waals surface area contributed by atoms with Crippen LogP contribution in [0.5, 0.6) is 0 Å². The van der Waals surface area contributed by atoms with E-state index in [1.807, 2.05) is 37.3 Å². The Morgan fingerprint density at radius 1 is 1.17 bits per heavy atom. The van der Waals surface area contributed by atoms with Crippen LogP contribution in [0.2, 0.25) is 0 Å². The Morgan fingerprint density at radius 2 is 1.88 bits per heavy atom. The zero-order chi connectivity index (χ0) is 16.9. The molecule has 1 aliphatic heterocycles. The van der Waals surface area contributed by atoms with Crippen molar-refractivity contribution in [3.8, 4) is 0 Å². The lowest BCUT2D eigenvalue weighted by Crippen LogP contribution is -2.25. The number of aryl methyl sites for hydroxylation is 2. The number of amides is 1. The summed E-state index contributed by atoms with van der Waals surface area (Å²) in [6.45, 7) is 6.51. The molecule has 126 valence electrons. The summed E-state index contributed by atoms with van der Waals surface area (Å²) in [4.78, 5) is 23.6. The fraction of sp³-hybridized carbons (Fsp3) is 0.421. The average molecular weight is 324 g/mol. The van der Waals surface area contributed by atoms with Gasteiger partial charge in [0.15, 0.2) is 0 Å². The minimum atomic E-state index is -0.0921. The van der Waals surface area contributed by atoms with Crippen molar-refractivity contribution in [3.63, 3.8) is 0 Å². The van der Waals surface area contributed by atoms with Crippen molar-refractivity contribution in [1.82, 2.24) is 15.3 Å². The number of nitrogens with zero attached hydrogens (tertiary/aromatic N) is 3. The SMILES string of the molecule is CCc1ccc(C(=O)NCc2nc(C)cc(N3CCCC3)n2)cc1. The smallest absolute Gasteiger partial charge is 0.251 e. The summed E-state index contributed by atoms with van der Waals surface area (Å²) in [6.07, 6.45) is 3.39. The van der Waals surface area contributed by atoms with E-state index < -0.39 is 0 Å². The lowest BCUT2D eigenvalue weighted by Gasteiger charge is -2.17. The first kappa shape index (κ1) is 16.4. The molecule has 5 heteroatoms. The van der Waals surface area contributed by atoms with Crippen LogP contribution in [0, 0.1) is 6.92 Å². The van der Waals surface area contributed by atoms with Crippen LogP contribution >= 0.6 is 0 Å². The molecule has 0 bridgehead atoms. The van der Waals surface area contributed by atoms with Gasteiger partial charge in [-0.1, -0.05) is 19.1 Å². The lowest BCUT2D eigenvalue weighted by atomic mass is 10.1. The second kappa shape index (κ2) is 7.43. The van der Waals surface area contributed by atoms with Gasteiger partial charge >= 0.3 is 0 Å². The van der Waals surface area contributed by atoms with Gasteiger partial charge in [0.25, 0.3) is 5.91 Å². The molecule has 1 aliphatic rings. The number of benzene rings is 1. The molecule has 1 saturated heterocycles. The van der Waals surface area contributed by atoms with Crippen LogP contribution in [0.1, 0.15) is 47.2 Å². The zero-order valence-corrected chi connectivity index (χ0v) is 14.4. The summed E-state index contributed by atoms with van der Waals surface area (Å²) in [5, 5.41) is 2.92. The highest BCUT2D eigenvalue weighted by molar-refractivity contribution is 5.94. The fourth-order valence-corrected chi connectivity index (χ4v) is 2.95. The van der Waals surface area contributed by atoms with Crippen molar-refractivity contribution in [2.45, 2.75) is 39.7 Å². The van der Waals surface area contributed by atoms with Crippen LogP contribution in [-0.4, -0.2) is 29.0 Å². The first-order valence-electron chi connectivity index (χ1n) is 8.62. The van der Waals surface area contributed by atoms with E-state index in [1.165, 1.54) is 18.4 Å². The molecule has 0 radical (unpaired) electrons. The van der Waals surface area contributed by atoms with Crippen molar-refractivity contribution < 1.29 is 4.79 Å². The van der Waals surface area contributed by atoms with E-state index in [-0.39, 0.29) is 5.91 Å². The molecule has 0 unspecified atom stereocenters. The summed E-state index contributed by atoms with van der Waals surface area (Å²) >= 11 is 0. The third-order valence-electron chi connectivity index (χ3n) is 4.35. The minimum absolute atomic E-state index is 0.0921. The molecule has 1 amide bonds. The molecular weight excluding hydrogens is 300 g/mol. The topological polar surface area (TPSA) is 58.1 Å². The molecule has 1 fully saturated rings. The molecule has 24 heavy (non-hydrogen) atoms. The van der Waals surface area contributed by atoms with Crippen LogP contribution in [0.25, 0.3) is 0 Å². The number of anilines is 1. The lowest BCUT2D eigenvalue weighted by molar-refractivity contribution is 0.0950. The fourth-order valence-electron chi connectivity index (χ4n) is 2.95. The zero-order valence-electron chi connectivity index (χ0n) is 14.4. The molecule has 0 saturated carbocycles. The Morgan fingerprint density at radius 3 is 2.54 bits per heavy atom. The first-order valence-corrected chi connectivity index (χ1v) is 8.62. The molecule has 0 spiro atoms. The van der Waals surface area contributed by atoms with Gasteiger partial charge in [0.05, 0.1) is 6.54 Å². The molecule has 0 aliphatic carbocycles. The molecule has 5 nitrogen and oxygen atoms in total. The predicted octanol–water partition coefficient (Wildman–Crippen LogP) is 2.88. The second-order valence-corrected chi connectivity index (χ2v) is 6.21. The highest BCUT2D eigenvalue weighted by Crippen LogP contribution is 2.18. The second-order valence-electron chi connectivity index (χ2n) is 6.21. The number of carbonyl (C=O) groups is 1. The number of rotatable bonds is 5. The van der Waals surface area contributed by atoms with Crippen molar-refractivity contribution in [1.29, 1.82) is 0 Å². The van der Waals surface area contributed by atoms with Crippen molar-refractivity contribution in [3.05, 3.63) is 53.0 Å². The van der Waals surface area contributed by atoms with E-state index in [0.29, 0.717) is 17.9 Å². The van der Waals surface area contributed by atoms with E-state index >= 15 is 0 Å². The van der Waals surface area contributed by atoms with Crippen molar-refractivity contribution in [2.24, 2.45) is 0 Å². The number of hydrogen-bond acceptors (Lipinski definition) is 4. The monoisotopic (exact) mass is 324 g/mol. The van der Waals surface area contributed by atoms with Crippen LogP contribution in [0.4, 0.5) is 5.82 Å². The molecule has 1 aromatic carbocycles. The maximum atomic E-state index is 12.3. The maximum Gasteiger partial charge on any atom is 0.251 e. The summed E-state index contributed by atoms with van der Waals surface area (Å²) in [5.41, 5.74) is 2.83. The van der Waals surface area contributed by atoms with Crippen LogP contribution < -0.4 is 10.2 Å². The first-order chi connectivity index (χ1) is 11.7. The molecule has 2 aromatic rings. The number of aromatic nitrogens is 2. The number of nitrogens with one attached hydrogen (secondary N) is 1. The summed E-state index contributed by atoms with van der Waals surface area (Å²) in [5.74, 6) is 1.54. The van der Waals surface area contributed by atoms with Gasteiger partial charge in [-0.15, -0.1) is 0 Å². The standard InChI is InChI=1S/C19H24N4O/c1-3-15-6-8-16(9-7-15)19(24)20-13-17-21-14(2)12-18(22-17)23-10-4-5-11-23/h6-9,12H,3-5,10-11,13H2,1-2H3,(H,20,24). The largest absolute Gasteiger partial charge is 0.357 e. The maximum absolute atomic E-state index is 12.3. The average Bonchev–Trinajstić information content (AvgIpc) is 3.14. The van der Waals surface area contributed by atoms with Crippen LogP contribution in [0.3, 0.4) is 0 Å². The molecular formula is C19H24N4O. The van der Waals surface area contributed by atoms with E-state index in [4.69, 9.17) is 0 Å². The van der Waals surface area contributed by atoms with Gasteiger partial charge in [-0.3, -0.25) is 4.79 Å². The highest BCUT2D eigenvalue weighted by atomic mass is 16.1. The summed E-state index contributed by atoms with van der Waals surface area (Å²) in [6, 6.07) is 9.72. The Labute approximate surface area is 143 Å². The third-order valence-corrected chi connectivity index (χ3v) is 4.35. The van der Waals surface area contributed by atoms with E-state index in [9.17, 15) is 4.79 Å². The Balaban J connectivity index is 1.65. The van der Waals surface area contributed by atoms with Crippen LogP contribution in [-0.2, 0) is 13.0 Å². The molecule has 1 N–H and O–H groups in total.